The zero-order valence-electron chi connectivity index (χ0n) is 16.1. The summed E-state index contributed by atoms with van der Waals surface area (Å²) in [5.74, 6) is -1.17. The van der Waals surface area contributed by atoms with E-state index in [-0.39, 0.29) is 28.1 Å². The summed E-state index contributed by atoms with van der Waals surface area (Å²) in [4.78, 5) is 12.7. The van der Waals surface area contributed by atoms with E-state index in [1.807, 2.05) is 0 Å². The molecule has 0 aliphatic carbocycles. The second kappa shape index (κ2) is 8.69. The first-order valence-electron chi connectivity index (χ1n) is 9.13. The van der Waals surface area contributed by atoms with Gasteiger partial charge in [-0.25, -0.2) is 12.8 Å². The number of anilines is 1. The number of piperidine rings is 1. The van der Waals surface area contributed by atoms with Crippen LogP contribution in [0.1, 0.15) is 18.4 Å². The van der Waals surface area contributed by atoms with Gasteiger partial charge in [0.2, 0.25) is 15.9 Å². The maximum absolute atomic E-state index is 13.3. The van der Waals surface area contributed by atoms with Gasteiger partial charge in [0, 0.05) is 18.8 Å². The molecule has 1 aliphatic heterocycles. The maximum Gasteiger partial charge on any atom is 0.246 e. The van der Waals surface area contributed by atoms with Crippen molar-refractivity contribution >= 4 is 33.2 Å². The first-order valence-corrected chi connectivity index (χ1v) is 10.9. The van der Waals surface area contributed by atoms with Gasteiger partial charge >= 0.3 is 0 Å². The molecule has 2 aromatic carbocycles. The number of halogens is 2. The lowest BCUT2D eigenvalue weighted by Crippen LogP contribution is -2.43. The second-order valence-corrected chi connectivity index (χ2v) is 9.29. The summed E-state index contributed by atoms with van der Waals surface area (Å²) in [5, 5.41) is 2.59. The molecule has 3 rings (SSSR count). The van der Waals surface area contributed by atoms with Crippen LogP contribution in [0.25, 0.3) is 0 Å². The van der Waals surface area contributed by atoms with Crippen molar-refractivity contribution in [3.05, 3.63) is 52.8 Å². The SMILES string of the molecule is COc1ccc(C)cc1S(=O)(=O)N1CCC[C@@H](C(=O)Nc2ccc(F)c(Cl)c2)C1. The Kier molecular flexibility index (Phi) is 6.45. The Labute approximate surface area is 174 Å². The molecule has 0 aromatic heterocycles. The highest BCUT2D eigenvalue weighted by atomic mass is 35.5. The Morgan fingerprint density at radius 1 is 1.28 bits per heavy atom. The van der Waals surface area contributed by atoms with E-state index < -0.39 is 21.8 Å². The van der Waals surface area contributed by atoms with Crippen LogP contribution < -0.4 is 10.1 Å². The minimum absolute atomic E-state index is 0.0557. The summed E-state index contributed by atoms with van der Waals surface area (Å²) in [7, 11) is -2.40. The van der Waals surface area contributed by atoms with Crippen molar-refractivity contribution in [2.24, 2.45) is 5.92 Å². The molecule has 0 saturated carbocycles. The van der Waals surface area contributed by atoms with E-state index in [4.69, 9.17) is 16.3 Å². The molecule has 1 heterocycles. The van der Waals surface area contributed by atoms with Gasteiger partial charge in [-0.15, -0.1) is 0 Å². The van der Waals surface area contributed by atoms with E-state index in [1.165, 1.54) is 29.6 Å². The molecule has 6 nitrogen and oxygen atoms in total. The van der Waals surface area contributed by atoms with Gasteiger partial charge in [-0.3, -0.25) is 4.79 Å². The molecular formula is C20H22ClFN2O4S. The van der Waals surface area contributed by atoms with Crippen molar-refractivity contribution in [1.29, 1.82) is 0 Å². The number of carbonyl (C=O) groups excluding carboxylic acids is 1. The van der Waals surface area contributed by atoms with Crippen LogP contribution in [-0.2, 0) is 14.8 Å². The largest absolute Gasteiger partial charge is 0.495 e. The van der Waals surface area contributed by atoms with Gasteiger partial charge in [-0.2, -0.15) is 4.31 Å². The van der Waals surface area contributed by atoms with Gasteiger partial charge in [0.1, 0.15) is 16.5 Å². The number of ether oxygens (including phenoxy) is 1. The highest BCUT2D eigenvalue weighted by Gasteiger charge is 2.35. The molecule has 1 amide bonds. The summed E-state index contributed by atoms with van der Waals surface area (Å²) in [6.45, 7) is 2.19. The molecule has 0 spiro atoms. The molecule has 29 heavy (non-hydrogen) atoms. The third-order valence-corrected chi connectivity index (χ3v) is 7.05. The lowest BCUT2D eigenvalue weighted by molar-refractivity contribution is -0.120. The Hall–Kier alpha value is -2.16. The van der Waals surface area contributed by atoms with Crippen LogP contribution in [0.2, 0.25) is 5.02 Å². The average molecular weight is 441 g/mol. The lowest BCUT2D eigenvalue weighted by atomic mass is 9.99. The first kappa shape index (κ1) is 21.5. The van der Waals surface area contributed by atoms with Crippen LogP contribution >= 0.6 is 11.6 Å². The van der Waals surface area contributed by atoms with Crippen LogP contribution in [0.15, 0.2) is 41.3 Å². The van der Waals surface area contributed by atoms with Crippen LogP contribution in [-0.4, -0.2) is 38.8 Å². The molecule has 156 valence electrons. The van der Waals surface area contributed by atoms with Crippen LogP contribution in [0.5, 0.6) is 5.75 Å². The minimum atomic E-state index is -3.82. The predicted molar refractivity (Wildman–Crippen MR) is 109 cm³/mol. The van der Waals surface area contributed by atoms with E-state index in [0.29, 0.717) is 25.1 Å². The van der Waals surface area contributed by atoms with Crippen molar-refractivity contribution in [2.75, 3.05) is 25.5 Å². The van der Waals surface area contributed by atoms with Crippen molar-refractivity contribution in [3.8, 4) is 5.75 Å². The van der Waals surface area contributed by atoms with E-state index in [1.54, 1.807) is 25.1 Å². The van der Waals surface area contributed by atoms with Crippen LogP contribution in [0.3, 0.4) is 0 Å². The molecule has 0 unspecified atom stereocenters. The summed E-state index contributed by atoms with van der Waals surface area (Å²) in [6.07, 6.45) is 1.10. The van der Waals surface area contributed by atoms with E-state index in [2.05, 4.69) is 5.32 Å². The minimum Gasteiger partial charge on any atom is -0.495 e. The molecule has 9 heteroatoms. The monoisotopic (exact) mass is 440 g/mol. The summed E-state index contributed by atoms with van der Waals surface area (Å²) in [6, 6.07) is 8.86. The quantitative estimate of drug-likeness (QED) is 0.766. The Morgan fingerprint density at radius 3 is 2.72 bits per heavy atom. The number of nitrogens with one attached hydrogen (secondary N) is 1. The first-order chi connectivity index (χ1) is 13.7. The molecule has 0 bridgehead atoms. The zero-order valence-corrected chi connectivity index (χ0v) is 17.7. The smallest absolute Gasteiger partial charge is 0.246 e. The second-order valence-electron chi connectivity index (χ2n) is 6.97. The third kappa shape index (κ3) is 4.71. The third-order valence-electron chi connectivity index (χ3n) is 4.88. The van der Waals surface area contributed by atoms with Gasteiger partial charge in [-0.1, -0.05) is 17.7 Å². The Morgan fingerprint density at radius 2 is 2.03 bits per heavy atom. The number of hydrogen-bond donors (Lipinski definition) is 1. The molecule has 1 fully saturated rings. The van der Waals surface area contributed by atoms with Crippen molar-refractivity contribution in [3.63, 3.8) is 0 Å². The molecular weight excluding hydrogens is 419 g/mol. The average Bonchev–Trinajstić information content (AvgIpc) is 2.70. The van der Waals surface area contributed by atoms with Crippen molar-refractivity contribution < 1.29 is 22.3 Å². The summed E-state index contributed by atoms with van der Waals surface area (Å²) < 4.78 is 46.2. The van der Waals surface area contributed by atoms with Crippen molar-refractivity contribution in [2.45, 2.75) is 24.7 Å². The lowest BCUT2D eigenvalue weighted by Gasteiger charge is -2.31. The van der Waals surface area contributed by atoms with E-state index in [0.717, 1.165) is 5.56 Å². The van der Waals surface area contributed by atoms with Gasteiger partial charge in [0.05, 0.1) is 18.1 Å². The molecule has 1 saturated heterocycles. The normalized spacial score (nSPS) is 17.7. The van der Waals surface area contributed by atoms with Gasteiger partial charge < -0.3 is 10.1 Å². The topological polar surface area (TPSA) is 75.7 Å². The Bertz CT molecular complexity index is 1030. The highest BCUT2D eigenvalue weighted by molar-refractivity contribution is 7.89. The number of aryl methyl sites for hydroxylation is 1. The Balaban J connectivity index is 1.78. The van der Waals surface area contributed by atoms with Gasteiger partial charge in [0.15, 0.2) is 0 Å². The standard InChI is InChI=1S/C20H22ClFN2O4S/c1-13-5-8-18(28-2)19(10-13)29(26,27)24-9-3-4-14(12-24)20(25)23-15-6-7-17(22)16(21)11-15/h5-8,10-11,14H,3-4,9,12H2,1-2H3,(H,23,25)/t14-/m1/s1. The molecule has 0 radical (unpaired) electrons. The molecule has 1 atom stereocenters. The molecule has 1 aliphatic rings. The molecule has 2 aromatic rings. The zero-order chi connectivity index (χ0) is 21.2. The van der Waals surface area contributed by atoms with Gasteiger partial charge in [-0.05, 0) is 55.7 Å². The van der Waals surface area contributed by atoms with Crippen LogP contribution in [0, 0.1) is 18.7 Å². The fourth-order valence-electron chi connectivity index (χ4n) is 3.32. The van der Waals surface area contributed by atoms with Crippen LogP contribution in [0.4, 0.5) is 10.1 Å². The van der Waals surface area contributed by atoms with Gasteiger partial charge in [0.25, 0.3) is 0 Å². The summed E-state index contributed by atoms with van der Waals surface area (Å²) in [5.41, 5.74) is 1.16. The maximum atomic E-state index is 13.3. The number of sulfonamides is 1. The number of carbonyl (C=O) groups is 1. The number of hydrogen-bond acceptors (Lipinski definition) is 4. The highest BCUT2D eigenvalue weighted by Crippen LogP contribution is 2.31. The fraction of sp³-hybridized carbons (Fsp3) is 0.350. The molecule has 1 N–H and O–H groups in total. The van der Waals surface area contributed by atoms with E-state index in [9.17, 15) is 17.6 Å². The number of methoxy groups -OCH3 is 1. The van der Waals surface area contributed by atoms with Crippen molar-refractivity contribution in [1.82, 2.24) is 4.31 Å². The predicted octanol–water partition coefficient (Wildman–Crippen LogP) is 3.84. The number of rotatable bonds is 5. The van der Waals surface area contributed by atoms with E-state index >= 15 is 0 Å². The number of benzene rings is 2. The fourth-order valence-corrected chi connectivity index (χ4v) is 5.26. The summed E-state index contributed by atoms with van der Waals surface area (Å²) >= 11 is 5.75. The number of amides is 1. The number of nitrogens with zero attached hydrogens (tertiary/aromatic N) is 1.